The molecule has 0 saturated carbocycles. The first-order chi connectivity index (χ1) is 8.06. The lowest BCUT2D eigenvalue weighted by atomic mass is 10.0. The minimum absolute atomic E-state index is 0.232. The topological polar surface area (TPSA) is 29.3 Å². The second-order valence-electron chi connectivity index (χ2n) is 5.65. The van der Waals surface area contributed by atoms with Gasteiger partial charge >= 0.3 is 0 Å². The number of hydrogen-bond acceptors (Lipinski definition) is 2. The van der Waals surface area contributed by atoms with Gasteiger partial charge in [-0.15, -0.1) is 0 Å². The number of hydrogen-bond donors (Lipinski definition) is 1. The Morgan fingerprint density at radius 1 is 1.47 bits per heavy atom. The van der Waals surface area contributed by atoms with Crippen molar-refractivity contribution < 1.29 is 0 Å². The molecule has 2 unspecified atom stereocenters. The second-order valence-corrected chi connectivity index (χ2v) is 5.65. The summed E-state index contributed by atoms with van der Waals surface area (Å²) in [7, 11) is 0. The Hall–Kier alpha value is -1.02. The zero-order chi connectivity index (χ0) is 12.4. The zero-order valence-electron chi connectivity index (χ0n) is 11.2. The lowest BCUT2D eigenvalue weighted by molar-refractivity contribution is 0.659. The summed E-state index contributed by atoms with van der Waals surface area (Å²) in [6.45, 7) is 8.95. The summed E-state index contributed by atoms with van der Waals surface area (Å²) < 4.78 is 0. The van der Waals surface area contributed by atoms with Crippen LogP contribution in [0.2, 0.25) is 0 Å². The van der Waals surface area contributed by atoms with Crippen LogP contribution in [0.5, 0.6) is 0 Å². The predicted molar refractivity (Wildman–Crippen MR) is 74.5 cm³/mol. The maximum Gasteiger partial charge on any atom is 0.0399 e. The summed E-state index contributed by atoms with van der Waals surface area (Å²) in [5.74, 6) is 0.819. The molecule has 2 N–H and O–H groups in total. The molecule has 1 aromatic rings. The normalized spacial score (nSPS) is 21.9. The number of anilines is 1. The van der Waals surface area contributed by atoms with Crippen LogP contribution in [0.3, 0.4) is 0 Å². The Morgan fingerprint density at radius 3 is 2.82 bits per heavy atom. The van der Waals surface area contributed by atoms with Gasteiger partial charge in [-0.25, -0.2) is 0 Å². The summed E-state index contributed by atoms with van der Waals surface area (Å²) in [5, 5.41) is 0. The Bertz CT molecular complexity index is 385. The zero-order valence-corrected chi connectivity index (χ0v) is 11.2. The minimum Gasteiger partial charge on any atom is -0.371 e. The van der Waals surface area contributed by atoms with Gasteiger partial charge in [0.2, 0.25) is 0 Å². The van der Waals surface area contributed by atoms with E-state index in [2.05, 4.69) is 43.9 Å². The van der Waals surface area contributed by atoms with Crippen LogP contribution in [0, 0.1) is 12.8 Å². The van der Waals surface area contributed by atoms with Crippen molar-refractivity contribution in [2.45, 2.75) is 39.7 Å². The molecule has 0 aromatic heterocycles. The van der Waals surface area contributed by atoms with Gasteiger partial charge in [-0.2, -0.15) is 0 Å². The van der Waals surface area contributed by atoms with E-state index in [1.165, 1.54) is 36.3 Å². The van der Waals surface area contributed by atoms with Crippen molar-refractivity contribution in [1.29, 1.82) is 0 Å². The molecule has 94 valence electrons. The molecule has 1 aromatic carbocycles. The number of nitrogens with two attached hydrogens (primary N) is 1. The quantitative estimate of drug-likeness (QED) is 0.868. The van der Waals surface area contributed by atoms with Crippen LogP contribution in [0.1, 0.15) is 31.4 Å². The average Bonchev–Trinajstić information content (AvgIpc) is 2.64. The smallest absolute Gasteiger partial charge is 0.0399 e. The van der Waals surface area contributed by atoms with Crippen molar-refractivity contribution in [1.82, 2.24) is 0 Å². The van der Waals surface area contributed by atoms with Crippen molar-refractivity contribution >= 4 is 5.69 Å². The van der Waals surface area contributed by atoms with Crippen molar-refractivity contribution in [2.75, 3.05) is 18.0 Å². The summed E-state index contributed by atoms with van der Waals surface area (Å²) in [6.07, 6.45) is 2.29. The molecule has 0 amide bonds. The Kier molecular flexibility index (Phi) is 3.72. The lowest BCUT2D eigenvalue weighted by Gasteiger charge is -2.23. The number of rotatable bonds is 3. The standard InChI is InChI=1S/C15H24N2/c1-11-4-5-15(14(8-11)9-13(3)16)17-7-6-12(2)10-17/h4-5,8,12-13H,6-7,9-10,16H2,1-3H3. The summed E-state index contributed by atoms with van der Waals surface area (Å²) in [6, 6.07) is 7.01. The monoisotopic (exact) mass is 232 g/mol. The van der Waals surface area contributed by atoms with Gasteiger partial charge < -0.3 is 10.6 Å². The fourth-order valence-corrected chi connectivity index (χ4v) is 2.69. The molecule has 1 heterocycles. The van der Waals surface area contributed by atoms with Crippen molar-refractivity contribution in [3.05, 3.63) is 29.3 Å². The van der Waals surface area contributed by atoms with Crippen LogP contribution in [-0.2, 0) is 6.42 Å². The van der Waals surface area contributed by atoms with E-state index >= 15 is 0 Å². The first-order valence-corrected chi connectivity index (χ1v) is 6.66. The fourth-order valence-electron chi connectivity index (χ4n) is 2.69. The first kappa shape index (κ1) is 12.4. The summed E-state index contributed by atoms with van der Waals surface area (Å²) in [4.78, 5) is 2.52. The average molecular weight is 232 g/mol. The van der Waals surface area contributed by atoms with E-state index in [1.54, 1.807) is 0 Å². The highest BCUT2D eigenvalue weighted by Gasteiger charge is 2.21. The summed E-state index contributed by atoms with van der Waals surface area (Å²) >= 11 is 0. The fraction of sp³-hybridized carbons (Fsp3) is 0.600. The largest absolute Gasteiger partial charge is 0.371 e. The Balaban J connectivity index is 2.25. The van der Waals surface area contributed by atoms with Crippen molar-refractivity contribution in [2.24, 2.45) is 11.7 Å². The van der Waals surface area contributed by atoms with Gasteiger partial charge in [0.05, 0.1) is 0 Å². The predicted octanol–water partition coefficient (Wildman–Crippen LogP) is 2.73. The maximum absolute atomic E-state index is 5.95. The van der Waals surface area contributed by atoms with Crippen LogP contribution in [0.25, 0.3) is 0 Å². The van der Waals surface area contributed by atoms with Gasteiger partial charge in [-0.05, 0) is 44.2 Å². The molecule has 1 saturated heterocycles. The third-order valence-electron chi connectivity index (χ3n) is 3.54. The van der Waals surface area contributed by atoms with E-state index in [-0.39, 0.29) is 6.04 Å². The number of benzene rings is 1. The van der Waals surface area contributed by atoms with Crippen molar-refractivity contribution in [3.8, 4) is 0 Å². The van der Waals surface area contributed by atoms with Crippen molar-refractivity contribution in [3.63, 3.8) is 0 Å². The van der Waals surface area contributed by atoms with Crippen LogP contribution < -0.4 is 10.6 Å². The molecule has 2 heteroatoms. The van der Waals surface area contributed by atoms with Gasteiger partial charge in [0.1, 0.15) is 0 Å². The van der Waals surface area contributed by atoms with Crippen LogP contribution in [0.4, 0.5) is 5.69 Å². The van der Waals surface area contributed by atoms with Crippen LogP contribution in [-0.4, -0.2) is 19.1 Å². The highest BCUT2D eigenvalue weighted by atomic mass is 15.2. The van der Waals surface area contributed by atoms with Crippen LogP contribution in [0.15, 0.2) is 18.2 Å². The molecular formula is C15H24N2. The third kappa shape index (κ3) is 3.01. The number of aryl methyl sites for hydroxylation is 1. The van der Waals surface area contributed by atoms with E-state index in [0.29, 0.717) is 0 Å². The van der Waals surface area contributed by atoms with Gasteiger partial charge in [0, 0.05) is 24.8 Å². The van der Waals surface area contributed by atoms with Gasteiger partial charge in [0.15, 0.2) is 0 Å². The Labute approximate surface area is 105 Å². The third-order valence-corrected chi connectivity index (χ3v) is 3.54. The molecule has 0 radical (unpaired) electrons. The highest BCUT2D eigenvalue weighted by Crippen LogP contribution is 2.28. The molecule has 2 atom stereocenters. The minimum atomic E-state index is 0.232. The molecule has 0 aliphatic carbocycles. The van der Waals surface area contributed by atoms with Gasteiger partial charge in [-0.1, -0.05) is 24.6 Å². The van der Waals surface area contributed by atoms with Gasteiger partial charge in [-0.3, -0.25) is 0 Å². The molecule has 1 aliphatic heterocycles. The second kappa shape index (κ2) is 5.09. The number of nitrogens with zero attached hydrogens (tertiary/aromatic N) is 1. The lowest BCUT2D eigenvalue weighted by Crippen LogP contribution is -2.24. The first-order valence-electron chi connectivity index (χ1n) is 6.66. The maximum atomic E-state index is 5.95. The molecule has 1 aliphatic rings. The molecule has 1 fully saturated rings. The van der Waals surface area contributed by atoms with E-state index in [0.717, 1.165) is 12.3 Å². The molecular weight excluding hydrogens is 208 g/mol. The van der Waals surface area contributed by atoms with E-state index < -0.39 is 0 Å². The SMILES string of the molecule is Cc1ccc(N2CCC(C)C2)c(CC(C)N)c1. The Morgan fingerprint density at radius 2 is 2.24 bits per heavy atom. The molecule has 2 nitrogen and oxygen atoms in total. The summed E-state index contributed by atoms with van der Waals surface area (Å²) in [5.41, 5.74) is 10.1. The molecule has 0 bridgehead atoms. The van der Waals surface area contributed by atoms with Gasteiger partial charge in [0.25, 0.3) is 0 Å². The highest BCUT2D eigenvalue weighted by molar-refractivity contribution is 5.56. The van der Waals surface area contributed by atoms with E-state index in [1.807, 2.05) is 0 Å². The molecule has 2 rings (SSSR count). The van der Waals surface area contributed by atoms with E-state index in [9.17, 15) is 0 Å². The molecule has 0 spiro atoms. The molecule has 17 heavy (non-hydrogen) atoms. The van der Waals surface area contributed by atoms with Crippen LogP contribution >= 0.6 is 0 Å². The van der Waals surface area contributed by atoms with E-state index in [4.69, 9.17) is 5.73 Å².